The predicted molar refractivity (Wildman–Crippen MR) is 73.3 cm³/mol. The van der Waals surface area contributed by atoms with E-state index in [9.17, 15) is 0 Å². The molecule has 1 heterocycles. The van der Waals surface area contributed by atoms with Crippen molar-refractivity contribution in [3.8, 4) is 5.75 Å². The second kappa shape index (κ2) is 5.59. The number of hydrogen-bond donors (Lipinski definition) is 1. The first-order valence-electron chi connectivity index (χ1n) is 5.51. The maximum Gasteiger partial charge on any atom is 0.121 e. The third-order valence-electron chi connectivity index (χ3n) is 2.41. The molecule has 0 radical (unpaired) electrons. The van der Waals surface area contributed by atoms with Crippen molar-refractivity contribution in [3.05, 3.63) is 36.5 Å². The number of hydrogen-bond acceptors (Lipinski definition) is 3. The van der Waals surface area contributed by atoms with Gasteiger partial charge in [-0.25, -0.2) is 0 Å². The Balaban J connectivity index is 1.97. The summed E-state index contributed by atoms with van der Waals surface area (Å²) >= 11 is 4.80. The Hall–Kier alpha value is -1.68. The summed E-state index contributed by atoms with van der Waals surface area (Å²) in [5.74, 6) is 0.833. The summed E-state index contributed by atoms with van der Waals surface area (Å²) in [6.07, 6.45) is 3.34. The van der Waals surface area contributed by atoms with E-state index < -0.39 is 0 Å². The Morgan fingerprint density at radius 2 is 2.24 bits per heavy atom. The van der Waals surface area contributed by atoms with Gasteiger partial charge in [0.2, 0.25) is 0 Å². The molecule has 0 unspecified atom stereocenters. The summed E-state index contributed by atoms with van der Waals surface area (Å²) in [6.45, 7) is 0.621. The molecule has 1 aromatic heterocycles. The molecule has 0 spiro atoms. The topological polar surface area (TPSA) is 48.1 Å². The van der Waals surface area contributed by atoms with Crippen LogP contribution in [0.4, 0.5) is 0 Å². The molecule has 2 aromatic rings. The minimum Gasteiger partial charge on any atom is -0.494 e. The number of pyridine rings is 1. The summed E-state index contributed by atoms with van der Waals surface area (Å²) in [7, 11) is 0. The van der Waals surface area contributed by atoms with Crippen LogP contribution in [0.5, 0.6) is 5.75 Å². The monoisotopic (exact) mass is 246 g/mol. The molecule has 0 fully saturated rings. The summed E-state index contributed by atoms with van der Waals surface area (Å²) < 4.78 is 5.61. The third kappa shape index (κ3) is 3.39. The molecule has 0 saturated carbocycles. The number of nitrogens with zero attached hydrogens (tertiary/aromatic N) is 1. The first-order valence-corrected chi connectivity index (χ1v) is 5.92. The van der Waals surface area contributed by atoms with Crippen LogP contribution in [0.15, 0.2) is 36.5 Å². The van der Waals surface area contributed by atoms with Gasteiger partial charge in [-0.05, 0) is 24.6 Å². The first-order chi connectivity index (χ1) is 8.25. The van der Waals surface area contributed by atoms with Crippen LogP contribution in [0.3, 0.4) is 0 Å². The zero-order valence-corrected chi connectivity index (χ0v) is 10.2. The number of nitrogens with two attached hydrogens (primary N) is 1. The lowest BCUT2D eigenvalue weighted by Gasteiger charge is -2.06. The molecule has 88 valence electrons. The third-order valence-corrected chi connectivity index (χ3v) is 2.62. The maximum absolute atomic E-state index is 5.61. The summed E-state index contributed by atoms with van der Waals surface area (Å²) in [6, 6.07) is 9.84. The number of ether oxygens (including phenoxy) is 1. The molecule has 2 N–H and O–H groups in total. The van der Waals surface area contributed by atoms with Gasteiger partial charge in [-0.2, -0.15) is 0 Å². The number of fused-ring (bicyclic) bond motifs is 1. The minimum absolute atomic E-state index is 0.536. The Morgan fingerprint density at radius 1 is 1.35 bits per heavy atom. The van der Waals surface area contributed by atoms with Gasteiger partial charge in [0.1, 0.15) is 5.75 Å². The number of aromatic nitrogens is 1. The van der Waals surface area contributed by atoms with Crippen LogP contribution < -0.4 is 10.5 Å². The number of benzene rings is 1. The molecule has 0 aliphatic carbocycles. The van der Waals surface area contributed by atoms with Crippen LogP contribution in [-0.2, 0) is 0 Å². The average molecular weight is 246 g/mol. The molecular weight excluding hydrogens is 232 g/mol. The van der Waals surface area contributed by atoms with Gasteiger partial charge in [0.15, 0.2) is 0 Å². The highest BCUT2D eigenvalue weighted by Crippen LogP contribution is 2.18. The van der Waals surface area contributed by atoms with Crippen molar-refractivity contribution in [3.63, 3.8) is 0 Å². The van der Waals surface area contributed by atoms with Crippen molar-refractivity contribution < 1.29 is 4.74 Å². The molecule has 1 aromatic carbocycles. The van der Waals surface area contributed by atoms with Gasteiger partial charge in [0, 0.05) is 24.1 Å². The van der Waals surface area contributed by atoms with Crippen LogP contribution in [0.1, 0.15) is 12.8 Å². The van der Waals surface area contributed by atoms with E-state index in [1.807, 2.05) is 30.3 Å². The second-order valence-corrected chi connectivity index (χ2v) is 4.30. The van der Waals surface area contributed by atoms with E-state index in [4.69, 9.17) is 22.7 Å². The minimum atomic E-state index is 0.536. The summed E-state index contributed by atoms with van der Waals surface area (Å²) in [5.41, 5.74) is 6.36. The van der Waals surface area contributed by atoms with Crippen molar-refractivity contribution in [2.45, 2.75) is 12.8 Å². The predicted octanol–water partition coefficient (Wildman–Crippen LogP) is 2.68. The molecular formula is C13H14N2OS. The lowest BCUT2D eigenvalue weighted by atomic mass is 10.2. The molecule has 3 nitrogen and oxygen atoms in total. The Morgan fingerprint density at radius 3 is 3.06 bits per heavy atom. The zero-order valence-electron chi connectivity index (χ0n) is 9.43. The molecule has 0 saturated heterocycles. The molecule has 17 heavy (non-hydrogen) atoms. The van der Waals surface area contributed by atoms with E-state index in [0.717, 1.165) is 29.5 Å². The van der Waals surface area contributed by atoms with E-state index in [2.05, 4.69) is 4.98 Å². The quantitative estimate of drug-likeness (QED) is 0.651. The normalized spacial score (nSPS) is 10.4. The van der Waals surface area contributed by atoms with Crippen molar-refractivity contribution in [1.82, 2.24) is 4.98 Å². The van der Waals surface area contributed by atoms with Gasteiger partial charge in [-0.3, -0.25) is 4.98 Å². The molecule has 2 rings (SSSR count). The Bertz CT molecular complexity index is 528. The van der Waals surface area contributed by atoms with Gasteiger partial charge in [0.25, 0.3) is 0 Å². The fourth-order valence-corrected chi connectivity index (χ4v) is 1.72. The highest BCUT2D eigenvalue weighted by Gasteiger charge is 1.98. The highest BCUT2D eigenvalue weighted by atomic mass is 32.1. The van der Waals surface area contributed by atoms with Crippen molar-refractivity contribution in [1.29, 1.82) is 0 Å². The zero-order chi connectivity index (χ0) is 12.1. The lowest BCUT2D eigenvalue weighted by molar-refractivity contribution is 0.314. The van der Waals surface area contributed by atoms with Gasteiger partial charge in [-0.15, -0.1) is 0 Å². The van der Waals surface area contributed by atoms with E-state index in [1.54, 1.807) is 6.20 Å². The molecule has 0 atom stereocenters. The van der Waals surface area contributed by atoms with Crippen LogP contribution in [-0.4, -0.2) is 16.6 Å². The van der Waals surface area contributed by atoms with Crippen LogP contribution >= 0.6 is 12.2 Å². The first kappa shape index (κ1) is 11.8. The SMILES string of the molecule is NC(=S)CCCOc1ccc2cccnc2c1. The standard InChI is InChI=1S/C13H14N2OS/c14-13(17)4-2-8-16-11-6-5-10-3-1-7-15-12(10)9-11/h1,3,5-7,9H,2,4,8H2,(H2,14,17). The van der Waals surface area contributed by atoms with Crippen molar-refractivity contribution in [2.75, 3.05) is 6.61 Å². The summed E-state index contributed by atoms with van der Waals surface area (Å²) in [4.78, 5) is 4.81. The molecule has 0 bridgehead atoms. The van der Waals surface area contributed by atoms with Gasteiger partial charge in [-0.1, -0.05) is 18.3 Å². The highest BCUT2D eigenvalue weighted by molar-refractivity contribution is 7.80. The Kier molecular flexibility index (Phi) is 3.88. The smallest absolute Gasteiger partial charge is 0.121 e. The van der Waals surface area contributed by atoms with E-state index >= 15 is 0 Å². The van der Waals surface area contributed by atoms with E-state index in [1.165, 1.54) is 0 Å². The average Bonchev–Trinajstić information content (AvgIpc) is 2.34. The largest absolute Gasteiger partial charge is 0.494 e. The Labute approximate surface area is 106 Å². The second-order valence-electron chi connectivity index (χ2n) is 3.78. The van der Waals surface area contributed by atoms with E-state index in [-0.39, 0.29) is 0 Å². The van der Waals surface area contributed by atoms with E-state index in [0.29, 0.717) is 11.6 Å². The fourth-order valence-electron chi connectivity index (χ4n) is 1.57. The molecule has 0 amide bonds. The van der Waals surface area contributed by atoms with Crippen LogP contribution in [0, 0.1) is 0 Å². The fraction of sp³-hybridized carbons (Fsp3) is 0.231. The maximum atomic E-state index is 5.61. The summed E-state index contributed by atoms with van der Waals surface area (Å²) in [5, 5.41) is 1.11. The van der Waals surface area contributed by atoms with Crippen molar-refractivity contribution in [2.24, 2.45) is 5.73 Å². The molecule has 0 aliphatic heterocycles. The molecule has 0 aliphatic rings. The van der Waals surface area contributed by atoms with Crippen LogP contribution in [0.25, 0.3) is 10.9 Å². The lowest BCUT2D eigenvalue weighted by Crippen LogP contribution is -2.09. The van der Waals surface area contributed by atoms with Gasteiger partial charge >= 0.3 is 0 Å². The number of thiocarbonyl (C=S) groups is 1. The van der Waals surface area contributed by atoms with Crippen LogP contribution in [0.2, 0.25) is 0 Å². The van der Waals surface area contributed by atoms with Gasteiger partial charge in [0.05, 0.1) is 17.1 Å². The van der Waals surface area contributed by atoms with Crippen molar-refractivity contribution >= 4 is 28.1 Å². The number of rotatable bonds is 5. The van der Waals surface area contributed by atoms with Gasteiger partial charge < -0.3 is 10.5 Å². The molecule has 4 heteroatoms.